The third kappa shape index (κ3) is 3.21. The van der Waals surface area contributed by atoms with Crippen LogP contribution in [0.4, 0.5) is 0 Å². The van der Waals surface area contributed by atoms with E-state index in [-0.39, 0.29) is 0 Å². The largest absolute Gasteiger partial charge is 0.135 e. The van der Waals surface area contributed by atoms with Gasteiger partial charge in [-0.15, -0.1) is 22.7 Å². The molecular formula is C40H21ClS2. The van der Waals surface area contributed by atoms with Crippen molar-refractivity contribution < 1.29 is 0 Å². The predicted molar refractivity (Wildman–Crippen MR) is 193 cm³/mol. The normalized spacial score (nSPS) is 12.3. The molecule has 0 N–H and O–H groups in total. The van der Waals surface area contributed by atoms with E-state index in [4.69, 9.17) is 11.6 Å². The number of halogens is 1. The third-order valence-electron chi connectivity index (χ3n) is 9.08. The molecule has 43 heavy (non-hydrogen) atoms. The Hall–Kier alpha value is -4.47. The van der Waals surface area contributed by atoms with Gasteiger partial charge in [0.2, 0.25) is 0 Å². The van der Waals surface area contributed by atoms with Crippen LogP contribution in [-0.2, 0) is 0 Å². The van der Waals surface area contributed by atoms with Crippen LogP contribution in [0, 0.1) is 0 Å². The summed E-state index contributed by atoms with van der Waals surface area (Å²) in [6.45, 7) is 0. The lowest BCUT2D eigenvalue weighted by atomic mass is 9.89. The topological polar surface area (TPSA) is 0 Å². The summed E-state index contributed by atoms with van der Waals surface area (Å²) in [5.74, 6) is 0. The molecule has 0 saturated heterocycles. The van der Waals surface area contributed by atoms with E-state index < -0.39 is 0 Å². The van der Waals surface area contributed by atoms with Crippen molar-refractivity contribution in [1.29, 1.82) is 0 Å². The van der Waals surface area contributed by atoms with Gasteiger partial charge in [0.15, 0.2) is 0 Å². The quantitative estimate of drug-likeness (QED) is 0.130. The molecule has 0 unspecified atom stereocenters. The minimum absolute atomic E-state index is 0.807. The van der Waals surface area contributed by atoms with E-state index in [9.17, 15) is 0 Å². The lowest BCUT2D eigenvalue weighted by Crippen LogP contribution is -1.90. The average Bonchev–Trinajstić information content (AvgIpc) is 3.06. The summed E-state index contributed by atoms with van der Waals surface area (Å²) < 4.78 is 5.25. The van der Waals surface area contributed by atoms with Gasteiger partial charge in [0.05, 0.1) is 0 Å². The highest BCUT2D eigenvalue weighted by Gasteiger charge is 2.21. The number of hydrogen-bond acceptors (Lipinski definition) is 2. The monoisotopic (exact) mass is 600 g/mol. The van der Waals surface area contributed by atoms with Gasteiger partial charge in [0.1, 0.15) is 0 Å². The van der Waals surface area contributed by atoms with E-state index in [1.54, 1.807) is 0 Å². The van der Waals surface area contributed by atoms with Crippen molar-refractivity contribution in [2.45, 2.75) is 0 Å². The highest BCUT2D eigenvalue weighted by Crippen LogP contribution is 2.51. The number of benzene rings is 8. The molecule has 0 nitrogen and oxygen atoms in total. The van der Waals surface area contributed by atoms with Crippen LogP contribution < -0.4 is 0 Å². The Morgan fingerprint density at radius 2 is 0.860 bits per heavy atom. The standard InChI is InChI=1S/C40H21ClS2/c41-32-21-31-36-28-17-9-18-33-37(28)35(27-16-8-19-34(38(27)36)43-40(31)26-15-7-5-13-24(26)32)30-20-29(22-10-2-1-3-11-22)23-12-4-6-14-25(23)39(30)42-33/h1-21H. The minimum atomic E-state index is 0.807. The maximum atomic E-state index is 6.99. The second-order valence-corrected chi connectivity index (χ2v) is 13.8. The van der Waals surface area contributed by atoms with Gasteiger partial charge in [-0.05, 0) is 51.6 Å². The van der Waals surface area contributed by atoms with Crippen molar-refractivity contribution in [2.75, 3.05) is 0 Å². The molecule has 0 fully saturated rings. The summed E-state index contributed by atoms with van der Waals surface area (Å²) >= 11 is 10.8. The fourth-order valence-electron chi connectivity index (χ4n) is 7.31. The first-order chi connectivity index (χ1) is 21.3. The molecule has 0 bridgehead atoms. The molecule has 0 aliphatic heterocycles. The van der Waals surface area contributed by atoms with Gasteiger partial charge >= 0.3 is 0 Å². The number of hydrogen-bond donors (Lipinski definition) is 0. The molecule has 200 valence electrons. The van der Waals surface area contributed by atoms with Crippen LogP contribution in [0.3, 0.4) is 0 Å². The van der Waals surface area contributed by atoms with Gasteiger partial charge in [-0.25, -0.2) is 0 Å². The van der Waals surface area contributed by atoms with E-state index in [0.29, 0.717) is 0 Å². The highest BCUT2D eigenvalue weighted by atomic mass is 35.5. The third-order valence-corrected chi connectivity index (χ3v) is 11.8. The van der Waals surface area contributed by atoms with Crippen molar-refractivity contribution in [3.05, 3.63) is 132 Å². The van der Waals surface area contributed by atoms with E-state index >= 15 is 0 Å². The number of rotatable bonds is 1. The van der Waals surface area contributed by atoms with Gasteiger partial charge in [-0.1, -0.05) is 115 Å². The molecule has 2 aromatic heterocycles. The molecule has 0 saturated carbocycles. The van der Waals surface area contributed by atoms with Gasteiger partial charge in [-0.3, -0.25) is 0 Å². The van der Waals surface area contributed by atoms with Crippen LogP contribution in [0.15, 0.2) is 127 Å². The Balaban J connectivity index is 1.51. The Labute approximate surface area is 260 Å². The van der Waals surface area contributed by atoms with Crippen molar-refractivity contribution >= 4 is 118 Å². The minimum Gasteiger partial charge on any atom is -0.135 e. The zero-order valence-electron chi connectivity index (χ0n) is 22.8. The van der Waals surface area contributed by atoms with Gasteiger partial charge in [0.25, 0.3) is 0 Å². The van der Waals surface area contributed by atoms with Crippen molar-refractivity contribution in [3.63, 3.8) is 0 Å². The Bertz CT molecular complexity index is 2780. The second-order valence-electron chi connectivity index (χ2n) is 11.3. The Morgan fingerprint density at radius 1 is 0.372 bits per heavy atom. The lowest BCUT2D eigenvalue weighted by molar-refractivity contribution is 1.67. The molecule has 0 amide bonds. The maximum Gasteiger partial charge on any atom is 0.0491 e. The molecule has 10 rings (SSSR count). The molecule has 0 atom stereocenters. The second kappa shape index (κ2) is 8.78. The molecule has 3 heteroatoms. The van der Waals surface area contributed by atoms with Crippen molar-refractivity contribution in [1.82, 2.24) is 0 Å². The van der Waals surface area contributed by atoms with E-state index in [0.717, 1.165) is 10.4 Å². The first-order valence-electron chi connectivity index (χ1n) is 14.5. The zero-order chi connectivity index (χ0) is 28.2. The number of fused-ring (bicyclic) bond motifs is 10. The van der Waals surface area contributed by atoms with Crippen molar-refractivity contribution in [2.24, 2.45) is 0 Å². The molecular weight excluding hydrogens is 580 g/mol. The average molecular weight is 601 g/mol. The summed E-state index contributed by atoms with van der Waals surface area (Å²) in [7, 11) is 0. The first-order valence-corrected chi connectivity index (χ1v) is 16.5. The lowest BCUT2D eigenvalue weighted by Gasteiger charge is -2.19. The first kappa shape index (κ1) is 24.0. The van der Waals surface area contributed by atoms with Crippen LogP contribution in [0.1, 0.15) is 0 Å². The highest BCUT2D eigenvalue weighted by molar-refractivity contribution is 7.26. The van der Waals surface area contributed by atoms with Gasteiger partial charge in [0, 0.05) is 72.3 Å². The maximum absolute atomic E-state index is 6.99. The van der Waals surface area contributed by atoms with Gasteiger partial charge < -0.3 is 0 Å². The molecule has 0 aliphatic rings. The smallest absolute Gasteiger partial charge is 0.0491 e. The van der Waals surface area contributed by atoms with Crippen LogP contribution >= 0.6 is 34.3 Å². The molecule has 8 aromatic carbocycles. The fourth-order valence-corrected chi connectivity index (χ4v) is 10.1. The summed E-state index contributed by atoms with van der Waals surface area (Å²) in [6, 6.07) is 46.6. The Morgan fingerprint density at radius 3 is 1.49 bits per heavy atom. The summed E-state index contributed by atoms with van der Waals surface area (Å²) in [5, 5.41) is 16.2. The summed E-state index contributed by atoms with van der Waals surface area (Å²) in [6.07, 6.45) is 0. The van der Waals surface area contributed by atoms with E-state index in [1.807, 2.05) is 22.7 Å². The Kier molecular flexibility index (Phi) is 4.90. The van der Waals surface area contributed by atoms with Crippen LogP contribution in [-0.4, -0.2) is 0 Å². The summed E-state index contributed by atoms with van der Waals surface area (Å²) in [4.78, 5) is 0. The molecule has 0 spiro atoms. The molecule has 0 radical (unpaired) electrons. The molecule has 0 aliphatic carbocycles. The van der Waals surface area contributed by atoms with Crippen LogP contribution in [0.5, 0.6) is 0 Å². The predicted octanol–water partition coefficient (Wildman–Crippen LogP) is 13.4. The van der Waals surface area contributed by atoms with E-state index in [1.165, 1.54) is 89.2 Å². The molecule has 10 aromatic rings. The summed E-state index contributed by atoms with van der Waals surface area (Å²) in [5.41, 5.74) is 2.52. The van der Waals surface area contributed by atoms with Gasteiger partial charge in [-0.2, -0.15) is 0 Å². The molecule has 2 heterocycles. The van der Waals surface area contributed by atoms with Crippen molar-refractivity contribution in [3.8, 4) is 11.1 Å². The van der Waals surface area contributed by atoms with Crippen LogP contribution in [0.25, 0.3) is 94.6 Å². The van der Waals surface area contributed by atoms with E-state index in [2.05, 4.69) is 127 Å². The fraction of sp³-hybridized carbons (Fsp3) is 0. The van der Waals surface area contributed by atoms with Crippen LogP contribution in [0.2, 0.25) is 5.02 Å². The SMILES string of the molecule is Clc1cc2c(sc3cccc4c3c2c2cccc3sc5c6ccccc6c(-c6ccccc6)cc5c4c32)c2ccccc12. The zero-order valence-corrected chi connectivity index (χ0v) is 25.2.